The molecule has 1 spiro atoms. The van der Waals surface area contributed by atoms with Crippen LogP contribution in [0.5, 0.6) is 0 Å². The first-order chi connectivity index (χ1) is 19.5. The van der Waals surface area contributed by atoms with Gasteiger partial charge in [0.1, 0.15) is 0 Å². The number of hydrogen-bond donors (Lipinski definition) is 0. The average Bonchev–Trinajstić information content (AvgIpc) is 3.96. The van der Waals surface area contributed by atoms with Crippen LogP contribution in [0, 0.1) is 0 Å². The molecule has 14 rings (SSSR count). The summed E-state index contributed by atoms with van der Waals surface area (Å²) in [6.07, 6.45) is 0. The van der Waals surface area contributed by atoms with Gasteiger partial charge in [0.25, 0.3) is 0 Å². The van der Waals surface area contributed by atoms with Crippen LogP contribution in [0.1, 0.15) is 0 Å². The fourth-order valence-corrected chi connectivity index (χ4v) is 126. The molecule has 0 amide bonds. The van der Waals surface area contributed by atoms with E-state index in [1.165, 1.54) is 38.5 Å². The van der Waals surface area contributed by atoms with Gasteiger partial charge >= 0.3 is 245 Å². The molecular weight excluding hydrogens is 656 g/mol. The molecule has 206 valence electrons. The van der Waals surface area contributed by atoms with Crippen molar-refractivity contribution in [2.45, 2.75) is 46.6 Å². The van der Waals surface area contributed by atoms with Gasteiger partial charge in [0.05, 0.1) is 0 Å². The van der Waals surface area contributed by atoms with Crippen LogP contribution >= 0.6 is 36.2 Å². The molecule has 4 atom stereocenters. The molecule has 10 fully saturated rings. The van der Waals surface area contributed by atoms with Crippen LogP contribution in [0.25, 0.3) is 0 Å². The van der Waals surface area contributed by atoms with Crippen molar-refractivity contribution in [2.24, 2.45) is 0 Å². The van der Waals surface area contributed by atoms with Gasteiger partial charge < -0.3 is 0 Å². The van der Waals surface area contributed by atoms with E-state index in [0.29, 0.717) is 12.7 Å². The van der Waals surface area contributed by atoms with E-state index in [4.69, 9.17) is 20.4 Å². The Balaban J connectivity index is 0.000000621. The molecular formula is C34H28Cl2FeNiP2. The zero-order valence-corrected chi connectivity index (χ0v) is 26.9. The number of hydrogen-bond acceptors (Lipinski definition) is 0. The average molecular weight is 684 g/mol. The van der Waals surface area contributed by atoms with E-state index in [0.717, 1.165) is 8.11 Å². The van der Waals surface area contributed by atoms with E-state index in [2.05, 4.69) is 121 Å². The summed E-state index contributed by atoms with van der Waals surface area (Å²) in [6.45, 7) is -3.82. The summed E-state index contributed by atoms with van der Waals surface area (Å²) in [5, 5.41) is 6.86. The van der Waals surface area contributed by atoms with E-state index in [1.807, 2.05) is 0 Å². The van der Waals surface area contributed by atoms with Gasteiger partial charge in [-0.05, 0) is 0 Å². The first-order valence-corrected chi connectivity index (χ1v) is 26.0. The van der Waals surface area contributed by atoms with Crippen molar-refractivity contribution >= 4 is 57.4 Å². The Hall–Kier alpha value is -0.667. The molecule has 4 aromatic rings. The molecule has 0 saturated carbocycles. The molecule has 6 heteroatoms. The Labute approximate surface area is 242 Å². The van der Waals surface area contributed by atoms with Gasteiger partial charge in [0.2, 0.25) is 0 Å². The zero-order chi connectivity index (χ0) is 26.2. The third-order valence-corrected chi connectivity index (χ3v) is 76.3. The van der Waals surface area contributed by atoms with Crippen LogP contribution in [0.15, 0.2) is 121 Å². The molecule has 10 aliphatic rings. The van der Waals surface area contributed by atoms with E-state index in [9.17, 15) is 0 Å². The van der Waals surface area contributed by atoms with Gasteiger partial charge in [-0.15, -0.1) is 0 Å². The number of rotatable bonds is 6. The van der Waals surface area contributed by atoms with Gasteiger partial charge in [0.15, 0.2) is 0 Å². The quantitative estimate of drug-likeness (QED) is 0.141. The van der Waals surface area contributed by atoms with Gasteiger partial charge in [-0.1, -0.05) is 0 Å². The van der Waals surface area contributed by atoms with Crippen LogP contribution < -0.4 is 21.2 Å². The standard InChI is InChI=1S/C29H23P2.C5H5.2ClH.Fe.Ni/c1-5-14-24(15-6-1)30(25-16-7-2-8-17-25)28-22-13-23-29(28)31(26-18-9-3-10-19-26)27-20-11-4-12-21-27;1-2-4-5-3-1;;;;/h1-23H;1-5H;2*1H;;/q;;;;;+2/p-2. The normalized spacial score (nSPS) is 58.9. The predicted molar refractivity (Wildman–Crippen MR) is 165 cm³/mol. The molecule has 0 bridgehead atoms. The third kappa shape index (κ3) is 0.601. The minimum atomic E-state index is -3.82. The molecule has 10 saturated heterocycles. The summed E-state index contributed by atoms with van der Waals surface area (Å²) >= 11 is 0.569. The van der Waals surface area contributed by atoms with Crippen molar-refractivity contribution in [2.75, 3.05) is 0 Å². The van der Waals surface area contributed by atoms with Gasteiger partial charge in [-0.2, -0.15) is 0 Å². The maximum absolute atomic E-state index is 4.70. The summed E-state index contributed by atoms with van der Waals surface area (Å²) in [6, 6.07) is 48.2. The van der Waals surface area contributed by atoms with Crippen molar-refractivity contribution in [3.63, 3.8) is 0 Å². The minimum absolute atomic E-state index is 0.314. The SMILES string of the molecule is [Cl][Ni][Cl].c1ccc(P(c2ccccc2)[C]23[CH]4[CH]5[CH]6[C]2(P(c2ccccc2)c2ccccc2)[Fe]54632789[CH]3[CH]2[CH]7[CH]8[CH]39)cc1. The second kappa shape index (κ2) is 3.75. The van der Waals surface area contributed by atoms with E-state index < -0.39 is 6.51 Å². The Morgan fingerprint density at radius 1 is 0.450 bits per heavy atom. The second-order valence-corrected chi connectivity index (χ2v) is 46.2. The number of fused-ring (bicyclic) bond motifs is 10. The van der Waals surface area contributed by atoms with Crippen LogP contribution in [0.4, 0.5) is 0 Å². The second-order valence-electron chi connectivity index (χ2n) is 15.7. The molecule has 0 nitrogen and oxygen atoms in total. The van der Waals surface area contributed by atoms with Gasteiger partial charge in [-0.25, -0.2) is 0 Å². The van der Waals surface area contributed by atoms with Crippen LogP contribution in [-0.4, -0.2) is 8.11 Å². The molecule has 0 aromatic heterocycles. The predicted octanol–water partition coefficient (Wildman–Crippen LogP) is 8.83. The van der Waals surface area contributed by atoms with Crippen LogP contribution in [0.3, 0.4) is 0 Å². The maximum atomic E-state index is 4.70. The summed E-state index contributed by atoms with van der Waals surface area (Å²) < 4.78 is 1.48. The molecule has 10 aliphatic heterocycles. The summed E-state index contributed by atoms with van der Waals surface area (Å²) in [5.74, 6) is 0. The van der Waals surface area contributed by atoms with Crippen molar-refractivity contribution < 1.29 is 19.2 Å². The zero-order valence-electron chi connectivity index (χ0n) is 21.5. The first-order valence-electron chi connectivity index (χ1n) is 14.4. The first kappa shape index (κ1) is 21.9. The molecule has 4 aromatic carbocycles. The summed E-state index contributed by atoms with van der Waals surface area (Å²) in [5.41, 5.74) is 0. The van der Waals surface area contributed by atoms with Crippen molar-refractivity contribution in [3.05, 3.63) is 121 Å². The van der Waals surface area contributed by atoms with Gasteiger partial charge in [-0.3, -0.25) is 0 Å². The third-order valence-electron chi connectivity index (χ3n) is 19.4. The van der Waals surface area contributed by atoms with E-state index in [-0.39, 0.29) is 15.8 Å². The molecule has 10 heterocycles. The molecule has 0 radical (unpaired) electrons. The van der Waals surface area contributed by atoms with Crippen molar-refractivity contribution in [1.82, 2.24) is 0 Å². The fraction of sp³-hybridized carbons (Fsp3) is 0.294. The summed E-state index contributed by atoms with van der Waals surface area (Å²) in [7, 11) is 8.78. The molecule has 0 aliphatic carbocycles. The number of halogens is 2. The summed E-state index contributed by atoms with van der Waals surface area (Å²) in [4.78, 5) is 10.2. The van der Waals surface area contributed by atoms with Crippen LogP contribution in [0.2, 0.25) is 38.5 Å². The van der Waals surface area contributed by atoms with Crippen LogP contribution in [-0.2, 0) is 19.2 Å². The number of benzene rings is 4. The Morgan fingerprint density at radius 2 is 0.700 bits per heavy atom. The van der Waals surface area contributed by atoms with Crippen molar-refractivity contribution in [3.8, 4) is 0 Å². The molecule has 0 N–H and O–H groups in total. The Kier molecular flexibility index (Phi) is 2.06. The van der Waals surface area contributed by atoms with E-state index >= 15 is 0 Å². The molecule has 4 unspecified atom stereocenters. The fourth-order valence-electron chi connectivity index (χ4n) is 20.9. The monoisotopic (exact) mass is 682 g/mol. The Bertz CT molecular complexity index is 1940. The van der Waals surface area contributed by atoms with Crippen molar-refractivity contribution in [1.29, 1.82) is 0 Å². The Morgan fingerprint density at radius 3 is 0.900 bits per heavy atom. The van der Waals surface area contributed by atoms with Gasteiger partial charge in [0, 0.05) is 0 Å². The topological polar surface area (TPSA) is 0 Å². The molecule has 40 heavy (non-hydrogen) atoms. The van der Waals surface area contributed by atoms with E-state index in [1.54, 1.807) is 21.2 Å².